The monoisotopic (exact) mass is 303 g/mol. The predicted molar refractivity (Wildman–Crippen MR) is 87.2 cm³/mol. The van der Waals surface area contributed by atoms with Gasteiger partial charge < -0.3 is 9.64 Å². The van der Waals surface area contributed by atoms with Gasteiger partial charge in [0, 0.05) is 32.2 Å². The fourth-order valence-corrected chi connectivity index (χ4v) is 4.36. The average Bonchev–Trinajstić information content (AvgIpc) is 3.00. The molecule has 0 amide bonds. The molecule has 2 aliphatic rings. The van der Waals surface area contributed by atoms with Gasteiger partial charge in [0.1, 0.15) is 0 Å². The number of benzene rings is 1. The Balaban J connectivity index is 1.51. The number of anilines is 1. The lowest BCUT2D eigenvalue weighted by Gasteiger charge is -2.40. The fourth-order valence-electron chi connectivity index (χ4n) is 3.36. The number of hydrogen-bond acceptors (Lipinski definition) is 5. The zero-order valence-electron chi connectivity index (χ0n) is 12.2. The number of thiazole rings is 1. The minimum atomic E-state index is 0.662. The second-order valence-corrected chi connectivity index (χ2v) is 6.86. The van der Waals surface area contributed by atoms with E-state index >= 15 is 0 Å². The Morgan fingerprint density at radius 3 is 2.86 bits per heavy atom. The normalized spacial score (nSPS) is 24.6. The van der Waals surface area contributed by atoms with Crippen molar-refractivity contribution in [3.8, 4) is 0 Å². The Labute approximate surface area is 129 Å². The van der Waals surface area contributed by atoms with Gasteiger partial charge in [0.25, 0.3) is 0 Å². The van der Waals surface area contributed by atoms with Gasteiger partial charge in [0.15, 0.2) is 5.13 Å². The summed E-state index contributed by atoms with van der Waals surface area (Å²) < 4.78 is 6.77. The first kappa shape index (κ1) is 13.5. The standard InChI is InChI=1S/C16H21N3OS/c1-2-6-15-14(5-1)17-16(21-15)19-7-3-4-13(12-19)18-8-10-20-11-9-18/h1-2,5-6,13H,3-4,7-12H2. The number of fused-ring (bicyclic) bond motifs is 1. The highest BCUT2D eigenvalue weighted by Crippen LogP contribution is 2.31. The second kappa shape index (κ2) is 5.91. The van der Waals surface area contributed by atoms with Gasteiger partial charge in [-0.15, -0.1) is 0 Å². The molecule has 0 radical (unpaired) electrons. The number of aromatic nitrogens is 1. The largest absolute Gasteiger partial charge is 0.379 e. The first-order valence-electron chi connectivity index (χ1n) is 7.82. The molecule has 0 bridgehead atoms. The second-order valence-electron chi connectivity index (χ2n) is 5.85. The van der Waals surface area contributed by atoms with Crippen molar-refractivity contribution in [2.24, 2.45) is 0 Å². The van der Waals surface area contributed by atoms with Gasteiger partial charge >= 0.3 is 0 Å². The van der Waals surface area contributed by atoms with Crippen molar-refractivity contribution in [3.63, 3.8) is 0 Å². The van der Waals surface area contributed by atoms with E-state index in [4.69, 9.17) is 9.72 Å². The van der Waals surface area contributed by atoms with Crippen LogP contribution in [-0.4, -0.2) is 55.3 Å². The summed E-state index contributed by atoms with van der Waals surface area (Å²) in [4.78, 5) is 9.90. The third kappa shape index (κ3) is 2.78. The Bertz CT molecular complexity index is 575. The zero-order chi connectivity index (χ0) is 14.1. The molecule has 1 aromatic heterocycles. The van der Waals surface area contributed by atoms with Crippen LogP contribution in [0, 0.1) is 0 Å². The van der Waals surface area contributed by atoms with Crippen LogP contribution in [0.25, 0.3) is 10.2 Å². The smallest absolute Gasteiger partial charge is 0.186 e. The third-order valence-corrected chi connectivity index (χ3v) is 5.61. The van der Waals surface area contributed by atoms with E-state index in [1.807, 2.05) is 11.3 Å². The highest BCUT2D eigenvalue weighted by Gasteiger charge is 2.27. The molecule has 2 fully saturated rings. The van der Waals surface area contributed by atoms with Gasteiger partial charge in [0.2, 0.25) is 0 Å². The molecule has 112 valence electrons. The molecule has 2 saturated heterocycles. The van der Waals surface area contributed by atoms with Gasteiger partial charge in [-0.3, -0.25) is 4.90 Å². The average molecular weight is 303 g/mol. The number of para-hydroxylation sites is 1. The quantitative estimate of drug-likeness (QED) is 0.852. The van der Waals surface area contributed by atoms with Crippen molar-refractivity contribution >= 4 is 26.7 Å². The molecule has 21 heavy (non-hydrogen) atoms. The molecule has 3 heterocycles. The maximum absolute atomic E-state index is 5.48. The van der Waals surface area contributed by atoms with Crippen LogP contribution in [0.4, 0.5) is 5.13 Å². The number of piperidine rings is 1. The lowest BCUT2D eigenvalue weighted by molar-refractivity contribution is 0.0137. The topological polar surface area (TPSA) is 28.6 Å². The van der Waals surface area contributed by atoms with Crippen LogP contribution in [0.1, 0.15) is 12.8 Å². The van der Waals surface area contributed by atoms with Gasteiger partial charge in [0.05, 0.1) is 23.4 Å². The van der Waals surface area contributed by atoms with Gasteiger partial charge in [-0.2, -0.15) is 0 Å². The highest BCUT2D eigenvalue weighted by atomic mass is 32.1. The maximum atomic E-state index is 5.48. The van der Waals surface area contributed by atoms with E-state index in [0.29, 0.717) is 6.04 Å². The molecule has 1 unspecified atom stereocenters. The van der Waals surface area contributed by atoms with Crippen LogP contribution in [-0.2, 0) is 4.74 Å². The van der Waals surface area contributed by atoms with Gasteiger partial charge in [-0.05, 0) is 25.0 Å². The van der Waals surface area contributed by atoms with Crippen LogP contribution in [0.2, 0.25) is 0 Å². The van der Waals surface area contributed by atoms with E-state index in [2.05, 4.69) is 34.1 Å². The van der Waals surface area contributed by atoms with E-state index in [1.165, 1.54) is 22.7 Å². The Hall–Kier alpha value is -1.17. The van der Waals surface area contributed by atoms with E-state index in [9.17, 15) is 0 Å². The molecule has 0 saturated carbocycles. The summed E-state index contributed by atoms with van der Waals surface area (Å²) in [6, 6.07) is 9.10. The molecule has 1 aromatic carbocycles. The van der Waals surface area contributed by atoms with Crippen molar-refractivity contribution in [1.29, 1.82) is 0 Å². The molecule has 0 aliphatic carbocycles. The summed E-state index contributed by atoms with van der Waals surface area (Å²) in [5.74, 6) is 0. The van der Waals surface area contributed by atoms with Crippen LogP contribution in [0.5, 0.6) is 0 Å². The molecule has 2 aliphatic heterocycles. The molecular formula is C16H21N3OS. The third-order valence-electron chi connectivity index (χ3n) is 4.51. The Kier molecular flexibility index (Phi) is 3.80. The summed E-state index contributed by atoms with van der Waals surface area (Å²) in [5.41, 5.74) is 1.13. The van der Waals surface area contributed by atoms with Crippen molar-refractivity contribution in [1.82, 2.24) is 9.88 Å². The van der Waals surface area contributed by atoms with E-state index < -0.39 is 0 Å². The summed E-state index contributed by atoms with van der Waals surface area (Å²) in [5, 5.41) is 1.19. The number of nitrogens with zero attached hydrogens (tertiary/aromatic N) is 3. The van der Waals surface area contributed by atoms with Crippen molar-refractivity contribution in [2.45, 2.75) is 18.9 Å². The van der Waals surface area contributed by atoms with Crippen molar-refractivity contribution in [2.75, 3.05) is 44.3 Å². The van der Waals surface area contributed by atoms with E-state index in [-0.39, 0.29) is 0 Å². The SMILES string of the molecule is c1ccc2sc(N3CCCC(N4CCOCC4)C3)nc2c1. The summed E-state index contributed by atoms with van der Waals surface area (Å²) in [7, 11) is 0. The molecular weight excluding hydrogens is 282 g/mol. The van der Waals surface area contributed by atoms with E-state index in [0.717, 1.165) is 44.9 Å². The van der Waals surface area contributed by atoms with Gasteiger partial charge in [-0.1, -0.05) is 23.5 Å². The minimum Gasteiger partial charge on any atom is -0.379 e. The number of ether oxygens (including phenoxy) is 1. The number of rotatable bonds is 2. The summed E-state index contributed by atoms with van der Waals surface area (Å²) in [6.45, 7) is 6.19. The van der Waals surface area contributed by atoms with Crippen molar-refractivity contribution < 1.29 is 4.74 Å². The van der Waals surface area contributed by atoms with Crippen LogP contribution < -0.4 is 4.90 Å². The molecule has 2 aromatic rings. The predicted octanol–water partition coefficient (Wildman–Crippen LogP) is 2.60. The Morgan fingerprint density at radius 2 is 2.00 bits per heavy atom. The zero-order valence-corrected chi connectivity index (χ0v) is 13.0. The van der Waals surface area contributed by atoms with Crippen LogP contribution in [0.15, 0.2) is 24.3 Å². The molecule has 4 rings (SSSR count). The molecule has 4 nitrogen and oxygen atoms in total. The van der Waals surface area contributed by atoms with E-state index in [1.54, 1.807) is 0 Å². The molecule has 0 N–H and O–H groups in total. The summed E-state index contributed by atoms with van der Waals surface area (Å²) >= 11 is 1.82. The Morgan fingerprint density at radius 1 is 1.14 bits per heavy atom. The number of morpholine rings is 1. The van der Waals surface area contributed by atoms with Crippen LogP contribution >= 0.6 is 11.3 Å². The summed E-state index contributed by atoms with van der Waals surface area (Å²) in [6.07, 6.45) is 2.57. The fraction of sp³-hybridized carbons (Fsp3) is 0.562. The lowest BCUT2D eigenvalue weighted by Crippen LogP contribution is -2.51. The lowest BCUT2D eigenvalue weighted by atomic mass is 10.0. The highest BCUT2D eigenvalue weighted by molar-refractivity contribution is 7.22. The molecule has 0 spiro atoms. The first-order valence-corrected chi connectivity index (χ1v) is 8.64. The van der Waals surface area contributed by atoms with Crippen molar-refractivity contribution in [3.05, 3.63) is 24.3 Å². The first-order chi connectivity index (χ1) is 10.4. The van der Waals surface area contributed by atoms with Crippen LogP contribution in [0.3, 0.4) is 0 Å². The number of hydrogen-bond donors (Lipinski definition) is 0. The maximum Gasteiger partial charge on any atom is 0.186 e. The molecule has 5 heteroatoms. The van der Waals surface area contributed by atoms with Gasteiger partial charge in [-0.25, -0.2) is 4.98 Å². The molecule has 1 atom stereocenters. The minimum absolute atomic E-state index is 0.662.